The average molecular weight is 385 g/mol. The Bertz CT molecular complexity index is 1150. The van der Waals surface area contributed by atoms with Gasteiger partial charge in [0.25, 0.3) is 0 Å². The van der Waals surface area contributed by atoms with E-state index in [4.69, 9.17) is 0 Å². The van der Waals surface area contributed by atoms with Crippen molar-refractivity contribution in [2.45, 2.75) is 18.9 Å². The molecular formula is C24H23N3O2. The van der Waals surface area contributed by atoms with Crippen molar-refractivity contribution in [3.05, 3.63) is 95.8 Å². The van der Waals surface area contributed by atoms with Crippen LogP contribution in [-0.2, 0) is 11.8 Å². The van der Waals surface area contributed by atoms with E-state index in [2.05, 4.69) is 10.4 Å². The van der Waals surface area contributed by atoms with Gasteiger partial charge in [0, 0.05) is 24.4 Å². The van der Waals surface area contributed by atoms with Crippen molar-refractivity contribution in [1.82, 2.24) is 15.1 Å². The number of rotatable bonds is 5. The van der Waals surface area contributed by atoms with E-state index in [1.807, 2.05) is 80.8 Å². The Morgan fingerprint density at radius 1 is 1.00 bits per heavy atom. The summed E-state index contributed by atoms with van der Waals surface area (Å²) in [6.45, 7) is 1.86. The van der Waals surface area contributed by atoms with Crippen LogP contribution in [0.15, 0.2) is 79.1 Å². The van der Waals surface area contributed by atoms with Crippen molar-refractivity contribution in [3.8, 4) is 5.75 Å². The molecule has 1 heterocycles. The molecule has 0 fully saturated rings. The molecule has 4 rings (SSSR count). The predicted molar refractivity (Wildman–Crippen MR) is 114 cm³/mol. The van der Waals surface area contributed by atoms with Gasteiger partial charge in [-0.15, -0.1) is 0 Å². The highest BCUT2D eigenvalue weighted by Gasteiger charge is 2.25. The van der Waals surface area contributed by atoms with Crippen LogP contribution in [0, 0.1) is 0 Å². The van der Waals surface area contributed by atoms with E-state index in [1.165, 1.54) is 0 Å². The molecular weight excluding hydrogens is 362 g/mol. The molecule has 3 aromatic carbocycles. The van der Waals surface area contributed by atoms with E-state index in [0.29, 0.717) is 5.56 Å². The monoisotopic (exact) mass is 385 g/mol. The molecule has 0 spiro atoms. The van der Waals surface area contributed by atoms with Crippen LogP contribution in [0.25, 0.3) is 10.8 Å². The van der Waals surface area contributed by atoms with Crippen molar-refractivity contribution < 1.29 is 9.90 Å². The molecule has 29 heavy (non-hydrogen) atoms. The second-order valence-electron chi connectivity index (χ2n) is 7.24. The summed E-state index contributed by atoms with van der Waals surface area (Å²) in [5.74, 6) is -0.335. The summed E-state index contributed by atoms with van der Waals surface area (Å²) in [7, 11) is 1.83. The van der Waals surface area contributed by atoms with E-state index in [-0.39, 0.29) is 17.6 Å². The summed E-state index contributed by atoms with van der Waals surface area (Å²) in [6.07, 6.45) is 3.55. The summed E-state index contributed by atoms with van der Waals surface area (Å²) in [6, 6.07) is 20.7. The zero-order valence-corrected chi connectivity index (χ0v) is 16.4. The topological polar surface area (TPSA) is 67.2 Å². The van der Waals surface area contributed by atoms with Crippen molar-refractivity contribution in [1.29, 1.82) is 0 Å². The normalized spacial score (nSPS) is 13.2. The minimum Gasteiger partial charge on any atom is -0.508 e. The van der Waals surface area contributed by atoms with Crippen LogP contribution in [-0.4, -0.2) is 20.8 Å². The summed E-state index contributed by atoms with van der Waals surface area (Å²) in [4.78, 5) is 13.1. The molecule has 2 N–H and O–H groups in total. The minimum atomic E-state index is -0.478. The Kier molecular flexibility index (Phi) is 5.04. The molecule has 5 heteroatoms. The van der Waals surface area contributed by atoms with Gasteiger partial charge in [-0.05, 0) is 29.3 Å². The highest BCUT2D eigenvalue weighted by atomic mass is 16.3. The summed E-state index contributed by atoms with van der Waals surface area (Å²) >= 11 is 0. The number of amides is 1. The zero-order chi connectivity index (χ0) is 20.4. The van der Waals surface area contributed by atoms with Crippen molar-refractivity contribution in [3.63, 3.8) is 0 Å². The number of carbonyl (C=O) groups excluding carboxylic acids is 1. The van der Waals surface area contributed by atoms with E-state index in [9.17, 15) is 9.90 Å². The molecule has 0 unspecified atom stereocenters. The number of hydrogen-bond donors (Lipinski definition) is 2. The molecule has 0 aliphatic carbocycles. The van der Waals surface area contributed by atoms with Crippen LogP contribution >= 0.6 is 0 Å². The van der Waals surface area contributed by atoms with Crippen LogP contribution in [0.5, 0.6) is 5.75 Å². The molecule has 146 valence electrons. The first-order chi connectivity index (χ1) is 14.0. The second kappa shape index (κ2) is 7.80. The third kappa shape index (κ3) is 3.72. The van der Waals surface area contributed by atoms with Gasteiger partial charge in [0.15, 0.2) is 0 Å². The van der Waals surface area contributed by atoms with Gasteiger partial charge in [-0.3, -0.25) is 9.48 Å². The lowest BCUT2D eigenvalue weighted by atomic mass is 9.92. The lowest BCUT2D eigenvalue weighted by Crippen LogP contribution is -2.32. The average Bonchev–Trinajstić information content (AvgIpc) is 3.18. The maximum absolute atomic E-state index is 13.1. The Hall–Kier alpha value is -3.60. The van der Waals surface area contributed by atoms with Gasteiger partial charge < -0.3 is 10.4 Å². The van der Waals surface area contributed by atoms with Gasteiger partial charge in [0.1, 0.15) is 5.75 Å². The molecule has 0 saturated carbocycles. The van der Waals surface area contributed by atoms with Crippen molar-refractivity contribution >= 4 is 16.7 Å². The summed E-state index contributed by atoms with van der Waals surface area (Å²) in [5.41, 5.74) is 2.45. The van der Waals surface area contributed by atoms with Crippen LogP contribution < -0.4 is 5.32 Å². The first kappa shape index (κ1) is 18.7. The molecule has 1 aromatic heterocycles. The largest absolute Gasteiger partial charge is 0.508 e. The molecule has 2 atom stereocenters. The lowest BCUT2D eigenvalue weighted by Gasteiger charge is -2.24. The molecule has 0 bridgehead atoms. The smallest absolute Gasteiger partial charge is 0.228 e. The van der Waals surface area contributed by atoms with Crippen LogP contribution in [0.3, 0.4) is 0 Å². The molecule has 0 radical (unpaired) electrons. The Morgan fingerprint density at radius 2 is 1.72 bits per heavy atom. The zero-order valence-electron chi connectivity index (χ0n) is 16.4. The number of carbonyl (C=O) groups is 1. The summed E-state index contributed by atoms with van der Waals surface area (Å²) in [5, 5.41) is 20.0. The highest BCUT2D eigenvalue weighted by molar-refractivity contribution is 5.90. The van der Waals surface area contributed by atoms with Crippen molar-refractivity contribution in [2.75, 3.05) is 0 Å². The molecule has 5 nitrogen and oxygen atoms in total. The number of aromatic hydroxyl groups is 1. The van der Waals surface area contributed by atoms with Crippen LogP contribution in [0.2, 0.25) is 0 Å². The van der Waals surface area contributed by atoms with E-state index >= 15 is 0 Å². The number of nitrogens with zero attached hydrogens (tertiary/aromatic N) is 2. The fourth-order valence-corrected chi connectivity index (χ4v) is 3.64. The second-order valence-corrected chi connectivity index (χ2v) is 7.24. The van der Waals surface area contributed by atoms with Crippen LogP contribution in [0.1, 0.15) is 35.6 Å². The quantitative estimate of drug-likeness (QED) is 0.539. The van der Waals surface area contributed by atoms with E-state index in [0.717, 1.165) is 21.9 Å². The van der Waals surface area contributed by atoms with Gasteiger partial charge in [-0.1, -0.05) is 60.7 Å². The van der Waals surface area contributed by atoms with Gasteiger partial charge in [-0.2, -0.15) is 5.10 Å². The third-order valence-corrected chi connectivity index (χ3v) is 5.27. The molecule has 0 aliphatic rings. The lowest BCUT2D eigenvalue weighted by molar-refractivity contribution is -0.122. The fourth-order valence-electron chi connectivity index (χ4n) is 3.64. The number of aryl methyl sites for hydroxylation is 1. The maximum Gasteiger partial charge on any atom is 0.228 e. The minimum absolute atomic E-state index is 0.126. The molecule has 4 aromatic rings. The standard InChI is InChI=1S/C24H23N3O2/c1-16(19-14-25-27(2)15-19)24(29)26-23(18-9-4-3-5-10-18)22-20-11-7-6-8-17(20)12-13-21(22)28/h3-16,23,28H,1-2H3,(H,26,29)/t16-,23+/m0/s1. The number of phenols is 1. The third-order valence-electron chi connectivity index (χ3n) is 5.27. The SMILES string of the molecule is C[C@H](C(=O)N[C@H](c1ccccc1)c1c(O)ccc2ccccc12)c1cnn(C)c1. The highest BCUT2D eigenvalue weighted by Crippen LogP contribution is 2.36. The first-order valence-electron chi connectivity index (χ1n) is 9.59. The number of nitrogens with one attached hydrogen (secondary N) is 1. The molecule has 1 amide bonds. The maximum atomic E-state index is 13.1. The van der Waals surface area contributed by atoms with Gasteiger partial charge in [-0.25, -0.2) is 0 Å². The Morgan fingerprint density at radius 3 is 2.45 bits per heavy atom. The molecule has 0 saturated heterocycles. The number of phenolic OH excluding ortho intramolecular Hbond substituents is 1. The number of benzene rings is 3. The van der Waals surface area contributed by atoms with Crippen LogP contribution in [0.4, 0.5) is 0 Å². The van der Waals surface area contributed by atoms with Gasteiger partial charge in [0.2, 0.25) is 5.91 Å². The number of fused-ring (bicyclic) bond motifs is 1. The molecule has 0 aliphatic heterocycles. The Labute approximate surface area is 169 Å². The number of hydrogen-bond acceptors (Lipinski definition) is 3. The van der Waals surface area contributed by atoms with Gasteiger partial charge >= 0.3 is 0 Å². The fraction of sp³-hybridized carbons (Fsp3) is 0.167. The van der Waals surface area contributed by atoms with E-state index in [1.54, 1.807) is 16.9 Å². The van der Waals surface area contributed by atoms with Crippen molar-refractivity contribution in [2.24, 2.45) is 7.05 Å². The van der Waals surface area contributed by atoms with Gasteiger partial charge in [0.05, 0.1) is 18.2 Å². The summed E-state index contributed by atoms with van der Waals surface area (Å²) < 4.78 is 1.68. The first-order valence-corrected chi connectivity index (χ1v) is 9.59. The van der Waals surface area contributed by atoms with E-state index < -0.39 is 6.04 Å². The number of aromatic nitrogens is 2. The Balaban J connectivity index is 1.78. The predicted octanol–water partition coefficient (Wildman–Crippen LogP) is 4.29.